The lowest BCUT2D eigenvalue weighted by molar-refractivity contribution is -0.133. The summed E-state index contributed by atoms with van der Waals surface area (Å²) in [5.74, 6) is -0.862. The largest absolute Gasteiger partial charge is 0.449 e. The van der Waals surface area contributed by atoms with Gasteiger partial charge >= 0.3 is 18.2 Å². The third-order valence-corrected chi connectivity index (χ3v) is 1.38. The van der Waals surface area contributed by atoms with Gasteiger partial charge < -0.3 is 9.47 Å². The van der Waals surface area contributed by atoms with Crippen molar-refractivity contribution in [3.05, 3.63) is 12.2 Å². The zero-order chi connectivity index (χ0) is 11.8. The lowest BCUT2D eigenvalue weighted by atomic mass is 10.2. The molecule has 0 aliphatic carbocycles. The standard InChI is InChI=1S/C9H13NO5/c1-4-6(3)7(11)15-9(13)10-8(12)14-5-2/h3-5H2,1-2H3,(H,10,12,13). The van der Waals surface area contributed by atoms with E-state index in [0.29, 0.717) is 6.42 Å². The van der Waals surface area contributed by atoms with Crippen molar-refractivity contribution in [3.63, 3.8) is 0 Å². The van der Waals surface area contributed by atoms with Crippen LogP contribution >= 0.6 is 0 Å². The number of alkyl carbamates (subject to hydrolysis) is 2. The molecule has 2 amide bonds. The quantitative estimate of drug-likeness (QED) is 0.436. The van der Waals surface area contributed by atoms with E-state index in [-0.39, 0.29) is 12.2 Å². The summed E-state index contributed by atoms with van der Waals surface area (Å²) in [5, 5.41) is 1.71. The topological polar surface area (TPSA) is 81.7 Å². The first-order valence-electron chi connectivity index (χ1n) is 4.38. The molecule has 15 heavy (non-hydrogen) atoms. The number of hydrogen-bond acceptors (Lipinski definition) is 5. The Balaban J connectivity index is 3.99. The molecule has 0 heterocycles. The summed E-state index contributed by atoms with van der Waals surface area (Å²) >= 11 is 0. The van der Waals surface area contributed by atoms with Gasteiger partial charge in [0.1, 0.15) is 0 Å². The van der Waals surface area contributed by atoms with Gasteiger partial charge in [-0.05, 0) is 13.3 Å². The molecule has 6 heteroatoms. The van der Waals surface area contributed by atoms with Crippen LogP contribution < -0.4 is 5.32 Å². The van der Waals surface area contributed by atoms with Crippen LogP contribution in [-0.2, 0) is 14.3 Å². The van der Waals surface area contributed by atoms with E-state index in [0.717, 1.165) is 0 Å². The summed E-state index contributed by atoms with van der Waals surface area (Å²) in [6.45, 7) is 6.76. The SMILES string of the molecule is C=C(CC)C(=O)OC(=O)NC(=O)OCC. The molecule has 6 nitrogen and oxygen atoms in total. The zero-order valence-corrected chi connectivity index (χ0v) is 8.66. The minimum atomic E-state index is -1.17. The van der Waals surface area contributed by atoms with Gasteiger partial charge in [-0.25, -0.2) is 19.7 Å². The molecule has 0 aliphatic rings. The first-order valence-corrected chi connectivity index (χ1v) is 4.38. The zero-order valence-electron chi connectivity index (χ0n) is 8.66. The number of rotatable bonds is 3. The summed E-state index contributed by atoms with van der Waals surface area (Å²) in [4.78, 5) is 32.6. The van der Waals surface area contributed by atoms with Gasteiger partial charge in [0.05, 0.1) is 6.61 Å². The van der Waals surface area contributed by atoms with E-state index in [9.17, 15) is 14.4 Å². The lowest BCUT2D eigenvalue weighted by Gasteiger charge is -2.04. The van der Waals surface area contributed by atoms with Crippen molar-refractivity contribution in [2.75, 3.05) is 6.61 Å². The molecule has 0 radical (unpaired) electrons. The van der Waals surface area contributed by atoms with Crippen LogP contribution in [-0.4, -0.2) is 24.8 Å². The van der Waals surface area contributed by atoms with Crippen LogP contribution in [0.4, 0.5) is 9.59 Å². The predicted octanol–water partition coefficient (Wildman–Crippen LogP) is 1.36. The number of nitrogens with one attached hydrogen (secondary N) is 1. The third kappa shape index (κ3) is 5.45. The second kappa shape index (κ2) is 6.58. The maximum atomic E-state index is 11.0. The number of esters is 1. The fourth-order valence-electron chi connectivity index (χ4n) is 0.577. The van der Waals surface area contributed by atoms with Crippen molar-refractivity contribution < 1.29 is 23.9 Å². The normalized spacial score (nSPS) is 8.93. The van der Waals surface area contributed by atoms with Gasteiger partial charge in [-0.15, -0.1) is 0 Å². The monoisotopic (exact) mass is 215 g/mol. The minimum absolute atomic E-state index is 0.120. The lowest BCUT2D eigenvalue weighted by Crippen LogP contribution is -2.33. The Morgan fingerprint density at radius 2 is 1.80 bits per heavy atom. The highest BCUT2D eigenvalue weighted by atomic mass is 16.6. The van der Waals surface area contributed by atoms with Crippen LogP contribution in [0.2, 0.25) is 0 Å². The van der Waals surface area contributed by atoms with E-state index >= 15 is 0 Å². The molecule has 0 saturated heterocycles. The molecule has 0 aliphatic heterocycles. The summed E-state index contributed by atoms with van der Waals surface area (Å²) in [6, 6.07) is 0. The molecular weight excluding hydrogens is 202 g/mol. The Kier molecular flexibility index (Phi) is 5.77. The van der Waals surface area contributed by atoms with E-state index in [1.54, 1.807) is 19.2 Å². The van der Waals surface area contributed by atoms with Crippen molar-refractivity contribution in [2.45, 2.75) is 20.3 Å². The fraction of sp³-hybridized carbons (Fsp3) is 0.444. The molecule has 0 aromatic heterocycles. The number of imide groups is 1. The third-order valence-electron chi connectivity index (χ3n) is 1.38. The van der Waals surface area contributed by atoms with Gasteiger partial charge in [-0.1, -0.05) is 13.5 Å². The maximum Gasteiger partial charge on any atom is 0.424 e. The highest BCUT2D eigenvalue weighted by Gasteiger charge is 2.15. The first-order chi connectivity index (χ1) is 7.01. The van der Waals surface area contributed by atoms with Crippen molar-refractivity contribution in [1.29, 1.82) is 0 Å². The van der Waals surface area contributed by atoms with Crippen LogP contribution in [0.1, 0.15) is 20.3 Å². The summed E-state index contributed by atoms with van der Waals surface area (Å²) in [6.07, 6.45) is -1.77. The van der Waals surface area contributed by atoms with Crippen molar-refractivity contribution in [2.24, 2.45) is 0 Å². The van der Waals surface area contributed by atoms with Crippen LogP contribution in [0, 0.1) is 0 Å². The number of ether oxygens (including phenoxy) is 2. The Morgan fingerprint density at radius 1 is 1.20 bits per heavy atom. The molecular formula is C9H13NO5. The van der Waals surface area contributed by atoms with Gasteiger partial charge in [-0.2, -0.15) is 0 Å². The predicted molar refractivity (Wildman–Crippen MR) is 51.1 cm³/mol. The molecule has 84 valence electrons. The van der Waals surface area contributed by atoms with E-state index in [4.69, 9.17) is 0 Å². The fourth-order valence-corrected chi connectivity index (χ4v) is 0.577. The van der Waals surface area contributed by atoms with Gasteiger partial charge in [0.15, 0.2) is 0 Å². The molecule has 0 rings (SSSR count). The van der Waals surface area contributed by atoms with Gasteiger partial charge in [0.2, 0.25) is 0 Å². The molecule has 1 N–H and O–H groups in total. The second-order valence-corrected chi connectivity index (χ2v) is 2.48. The van der Waals surface area contributed by atoms with Gasteiger partial charge in [-0.3, -0.25) is 0 Å². The molecule has 0 atom stereocenters. The summed E-state index contributed by atoms with van der Waals surface area (Å²) < 4.78 is 8.63. The number of carbonyl (C=O) groups is 3. The van der Waals surface area contributed by atoms with Crippen molar-refractivity contribution in [1.82, 2.24) is 5.32 Å². The molecule has 0 unspecified atom stereocenters. The first kappa shape index (κ1) is 13.2. The Bertz CT molecular complexity index is 284. The van der Waals surface area contributed by atoms with Crippen LogP contribution in [0.15, 0.2) is 12.2 Å². The summed E-state index contributed by atoms with van der Waals surface area (Å²) in [7, 11) is 0. The number of amides is 2. The van der Waals surface area contributed by atoms with E-state index in [2.05, 4.69) is 16.1 Å². The summed E-state index contributed by atoms with van der Waals surface area (Å²) in [5.41, 5.74) is 0.147. The highest BCUT2D eigenvalue weighted by Crippen LogP contribution is 1.99. The van der Waals surface area contributed by atoms with Gasteiger partial charge in [0, 0.05) is 5.57 Å². The van der Waals surface area contributed by atoms with E-state index in [1.807, 2.05) is 0 Å². The van der Waals surface area contributed by atoms with Crippen molar-refractivity contribution >= 4 is 18.2 Å². The number of carbonyl (C=O) groups excluding carboxylic acids is 3. The molecule has 0 aromatic carbocycles. The second-order valence-electron chi connectivity index (χ2n) is 2.48. The Morgan fingerprint density at radius 3 is 2.27 bits per heavy atom. The Labute approximate surface area is 87.2 Å². The minimum Gasteiger partial charge on any atom is -0.449 e. The van der Waals surface area contributed by atoms with E-state index in [1.165, 1.54) is 0 Å². The van der Waals surface area contributed by atoms with Crippen LogP contribution in [0.3, 0.4) is 0 Å². The molecule has 0 spiro atoms. The molecule has 0 fully saturated rings. The molecule has 0 saturated carbocycles. The maximum absolute atomic E-state index is 11.0. The molecule has 0 aromatic rings. The number of hydrogen-bond donors (Lipinski definition) is 1. The van der Waals surface area contributed by atoms with Crippen LogP contribution in [0.5, 0.6) is 0 Å². The van der Waals surface area contributed by atoms with Crippen molar-refractivity contribution in [3.8, 4) is 0 Å². The smallest absolute Gasteiger partial charge is 0.424 e. The average molecular weight is 215 g/mol. The van der Waals surface area contributed by atoms with Crippen LogP contribution in [0.25, 0.3) is 0 Å². The van der Waals surface area contributed by atoms with E-state index < -0.39 is 18.2 Å². The average Bonchev–Trinajstić information content (AvgIpc) is 2.16. The Hall–Kier alpha value is -1.85. The van der Waals surface area contributed by atoms with Gasteiger partial charge in [0.25, 0.3) is 0 Å². The highest BCUT2D eigenvalue weighted by molar-refractivity contribution is 5.98. The molecule has 0 bridgehead atoms.